The third-order valence-electron chi connectivity index (χ3n) is 5.38. The van der Waals surface area contributed by atoms with Crippen LogP contribution in [0.1, 0.15) is 61.1 Å². The Morgan fingerprint density at radius 1 is 0.862 bits per heavy atom. The quantitative estimate of drug-likeness (QED) is 0.404. The lowest BCUT2D eigenvalue weighted by Gasteiger charge is -2.22. The number of aromatic nitrogens is 1. The molecule has 0 aliphatic rings. The predicted molar refractivity (Wildman–Crippen MR) is 118 cm³/mol. The molecule has 1 heterocycles. The van der Waals surface area contributed by atoms with Gasteiger partial charge in [-0.1, -0.05) is 70.2 Å². The third kappa shape index (κ3) is 4.09. The van der Waals surface area contributed by atoms with Crippen LogP contribution >= 0.6 is 0 Å². The Bertz CT molecular complexity index is 991. The zero-order chi connectivity index (χ0) is 21.1. The van der Waals surface area contributed by atoms with E-state index in [1.165, 1.54) is 29.4 Å². The first kappa shape index (κ1) is 20.8. The van der Waals surface area contributed by atoms with Crippen molar-refractivity contribution in [3.8, 4) is 22.3 Å². The van der Waals surface area contributed by atoms with Crippen LogP contribution in [-0.2, 0) is 11.8 Å². The Morgan fingerprint density at radius 2 is 1.45 bits per heavy atom. The van der Waals surface area contributed by atoms with Crippen LogP contribution in [0, 0.1) is 0 Å². The third-order valence-corrected chi connectivity index (χ3v) is 5.38. The lowest BCUT2D eigenvalue weighted by atomic mass is 9.82. The average molecular weight is 389 g/mol. The van der Waals surface area contributed by atoms with Crippen molar-refractivity contribution in [1.29, 1.82) is 0 Å². The zero-order valence-electron chi connectivity index (χ0n) is 18.2. The Labute approximate surface area is 174 Å². The molecule has 3 heteroatoms. The van der Waals surface area contributed by atoms with Crippen molar-refractivity contribution in [3.05, 3.63) is 77.6 Å². The molecule has 0 bridgehead atoms. The fourth-order valence-electron chi connectivity index (χ4n) is 3.87. The number of hydrogen-bond acceptors (Lipinski definition) is 2. The number of esters is 1. The van der Waals surface area contributed by atoms with Gasteiger partial charge in [-0.15, -0.1) is 0 Å². The molecular formula is C26H30NO2+. The van der Waals surface area contributed by atoms with Crippen molar-refractivity contribution in [2.45, 2.75) is 39.5 Å². The normalized spacial score (nSPS) is 11.2. The van der Waals surface area contributed by atoms with Gasteiger partial charge in [0.2, 0.25) is 0 Å². The molecule has 29 heavy (non-hydrogen) atoms. The van der Waals surface area contributed by atoms with Crippen molar-refractivity contribution in [1.82, 2.24) is 0 Å². The molecule has 0 amide bonds. The van der Waals surface area contributed by atoms with E-state index < -0.39 is 0 Å². The molecule has 0 saturated carbocycles. The van der Waals surface area contributed by atoms with Gasteiger partial charge in [-0.05, 0) is 45.7 Å². The largest absolute Gasteiger partial charge is 0.461 e. The summed E-state index contributed by atoms with van der Waals surface area (Å²) in [7, 11) is 3.32. The number of methoxy groups -OCH3 is 1. The van der Waals surface area contributed by atoms with Crippen molar-refractivity contribution >= 4 is 5.97 Å². The fraction of sp³-hybridized carbons (Fsp3) is 0.308. The highest BCUT2D eigenvalue weighted by Crippen LogP contribution is 2.40. The molecule has 0 saturated heterocycles. The summed E-state index contributed by atoms with van der Waals surface area (Å²) >= 11 is 0. The van der Waals surface area contributed by atoms with E-state index >= 15 is 0 Å². The van der Waals surface area contributed by atoms with E-state index in [4.69, 9.17) is 4.74 Å². The molecule has 3 nitrogen and oxygen atoms in total. The Hall–Kier alpha value is -2.94. The van der Waals surface area contributed by atoms with Crippen molar-refractivity contribution in [2.75, 3.05) is 7.11 Å². The molecule has 0 N–H and O–H groups in total. The second kappa shape index (κ2) is 8.60. The SMILES string of the molecule is COC(=O)c1c(-c2c(C(C)C)cc(-c3ccccc3)cc2C(C)C)ccc[n+]1C. The highest BCUT2D eigenvalue weighted by atomic mass is 16.5. The van der Waals surface area contributed by atoms with Gasteiger partial charge >= 0.3 is 5.97 Å². The van der Waals surface area contributed by atoms with Gasteiger partial charge in [-0.3, -0.25) is 0 Å². The molecule has 3 aromatic rings. The van der Waals surface area contributed by atoms with E-state index in [1.54, 1.807) is 0 Å². The second-order valence-electron chi connectivity index (χ2n) is 8.08. The summed E-state index contributed by atoms with van der Waals surface area (Å²) in [5.74, 6) is 0.295. The summed E-state index contributed by atoms with van der Waals surface area (Å²) in [5, 5.41) is 0. The number of hydrogen-bond donors (Lipinski definition) is 0. The zero-order valence-corrected chi connectivity index (χ0v) is 18.2. The molecule has 0 aliphatic heterocycles. The first-order chi connectivity index (χ1) is 13.8. The van der Waals surface area contributed by atoms with E-state index in [0.29, 0.717) is 17.5 Å². The molecule has 3 rings (SSSR count). The Morgan fingerprint density at radius 3 is 1.97 bits per heavy atom. The molecule has 0 spiro atoms. The minimum atomic E-state index is -0.320. The van der Waals surface area contributed by atoms with Crippen LogP contribution in [0.3, 0.4) is 0 Å². The van der Waals surface area contributed by atoms with Crippen LogP contribution in [-0.4, -0.2) is 13.1 Å². The summed E-state index contributed by atoms with van der Waals surface area (Å²) < 4.78 is 6.96. The monoisotopic (exact) mass is 388 g/mol. The lowest BCUT2D eigenvalue weighted by Crippen LogP contribution is -2.37. The summed E-state index contributed by atoms with van der Waals surface area (Å²) in [4.78, 5) is 12.6. The number of pyridine rings is 1. The highest BCUT2D eigenvalue weighted by molar-refractivity contribution is 5.95. The number of aryl methyl sites for hydroxylation is 1. The molecule has 0 atom stereocenters. The number of carbonyl (C=O) groups excluding carboxylic acids is 1. The smallest absolute Gasteiger partial charge is 0.404 e. The molecule has 0 unspecified atom stereocenters. The van der Waals surface area contributed by atoms with E-state index in [2.05, 4.69) is 64.1 Å². The number of benzene rings is 2. The van der Waals surface area contributed by atoms with Gasteiger partial charge in [0.1, 0.15) is 7.05 Å². The summed E-state index contributed by atoms with van der Waals surface area (Å²) in [6, 6.07) is 19.0. The van der Waals surface area contributed by atoms with Gasteiger partial charge in [0.05, 0.1) is 12.7 Å². The van der Waals surface area contributed by atoms with E-state index in [0.717, 1.165) is 11.1 Å². The highest BCUT2D eigenvalue weighted by Gasteiger charge is 2.28. The first-order valence-corrected chi connectivity index (χ1v) is 10.2. The van der Waals surface area contributed by atoms with Gasteiger partial charge in [0.25, 0.3) is 5.69 Å². The van der Waals surface area contributed by atoms with Gasteiger partial charge in [-0.25, -0.2) is 4.79 Å². The fourth-order valence-corrected chi connectivity index (χ4v) is 3.87. The maximum Gasteiger partial charge on any atom is 0.404 e. The maximum atomic E-state index is 12.6. The van der Waals surface area contributed by atoms with Crippen LogP contribution in [0.4, 0.5) is 0 Å². The molecule has 2 aromatic carbocycles. The lowest BCUT2D eigenvalue weighted by molar-refractivity contribution is -0.673. The average Bonchev–Trinajstić information content (AvgIpc) is 2.72. The molecular weight excluding hydrogens is 358 g/mol. The van der Waals surface area contributed by atoms with Crippen LogP contribution in [0.15, 0.2) is 60.8 Å². The topological polar surface area (TPSA) is 30.2 Å². The predicted octanol–water partition coefficient (Wildman–Crippen LogP) is 5.88. The van der Waals surface area contributed by atoms with Gasteiger partial charge < -0.3 is 4.74 Å². The summed E-state index contributed by atoms with van der Waals surface area (Å²) in [5.41, 5.74) is 7.54. The van der Waals surface area contributed by atoms with Gasteiger partial charge in [0.15, 0.2) is 6.20 Å². The number of ether oxygens (including phenoxy) is 1. The second-order valence-corrected chi connectivity index (χ2v) is 8.08. The van der Waals surface area contributed by atoms with E-state index in [-0.39, 0.29) is 5.97 Å². The van der Waals surface area contributed by atoms with Gasteiger partial charge in [0, 0.05) is 6.07 Å². The van der Waals surface area contributed by atoms with Gasteiger partial charge in [-0.2, -0.15) is 4.57 Å². The molecule has 0 fully saturated rings. The molecule has 150 valence electrons. The van der Waals surface area contributed by atoms with Crippen molar-refractivity contribution in [3.63, 3.8) is 0 Å². The van der Waals surface area contributed by atoms with Crippen molar-refractivity contribution in [2.24, 2.45) is 7.05 Å². The summed E-state index contributed by atoms with van der Waals surface area (Å²) in [6.45, 7) is 8.83. The summed E-state index contributed by atoms with van der Waals surface area (Å²) in [6.07, 6.45) is 1.89. The molecule has 0 radical (unpaired) electrons. The maximum absolute atomic E-state index is 12.6. The Balaban J connectivity index is 2.38. The van der Waals surface area contributed by atoms with Crippen LogP contribution in [0.25, 0.3) is 22.3 Å². The van der Waals surface area contributed by atoms with Crippen molar-refractivity contribution < 1.29 is 14.1 Å². The number of rotatable bonds is 5. The minimum Gasteiger partial charge on any atom is -0.461 e. The van der Waals surface area contributed by atoms with Crippen LogP contribution < -0.4 is 4.57 Å². The number of carbonyl (C=O) groups is 1. The minimum absolute atomic E-state index is 0.308. The van der Waals surface area contributed by atoms with Crippen LogP contribution in [0.2, 0.25) is 0 Å². The van der Waals surface area contributed by atoms with Crippen LogP contribution in [0.5, 0.6) is 0 Å². The molecule has 0 aliphatic carbocycles. The molecule has 1 aromatic heterocycles. The standard InChI is InChI=1S/C26H30NO2/c1-17(2)22-15-20(19-11-8-7-9-12-19)16-23(18(3)4)24(22)21-13-10-14-27(5)25(21)26(28)29-6/h7-18H,1-6H3/q+1. The first-order valence-electron chi connectivity index (χ1n) is 10.2. The van der Waals surface area contributed by atoms with E-state index in [1.807, 2.05) is 36.0 Å². The van der Waals surface area contributed by atoms with E-state index in [9.17, 15) is 4.79 Å². The Kier molecular flexibility index (Phi) is 6.17. The number of nitrogens with zero attached hydrogens (tertiary/aromatic N) is 1.